The number of unbranched alkanes of at least 4 members (excludes halogenated alkanes) is 1. The molecule has 0 aliphatic carbocycles. The minimum atomic E-state index is -0.293. The third-order valence-corrected chi connectivity index (χ3v) is 2.10. The molecular weight excluding hydrogens is 205 g/mol. The van der Waals surface area contributed by atoms with Gasteiger partial charge in [-0.1, -0.05) is 12.1 Å². The normalized spacial score (nSPS) is 9.50. The van der Waals surface area contributed by atoms with E-state index in [1.165, 1.54) is 12.1 Å². The van der Waals surface area contributed by atoms with Crippen molar-refractivity contribution in [2.75, 3.05) is 6.54 Å². The van der Waals surface area contributed by atoms with Crippen LogP contribution in [0.4, 0.5) is 4.39 Å². The molecule has 84 valence electrons. The highest BCUT2D eigenvalue weighted by molar-refractivity contribution is 5.78. The number of hydrogen-bond acceptors (Lipinski definition) is 1. The van der Waals surface area contributed by atoms with Gasteiger partial charge in [-0.15, -0.1) is 12.3 Å². The molecule has 16 heavy (non-hydrogen) atoms. The fourth-order valence-electron chi connectivity index (χ4n) is 1.27. The first-order valence-corrected chi connectivity index (χ1v) is 5.17. The molecule has 0 radical (unpaired) electrons. The van der Waals surface area contributed by atoms with Crippen molar-refractivity contribution in [3.8, 4) is 12.3 Å². The fraction of sp³-hybridized carbons (Fsp3) is 0.308. The molecule has 0 unspecified atom stereocenters. The summed E-state index contributed by atoms with van der Waals surface area (Å²) in [5.41, 5.74) is 0.802. The maximum Gasteiger partial charge on any atom is 0.224 e. The van der Waals surface area contributed by atoms with Crippen LogP contribution in [0.5, 0.6) is 0 Å². The number of halogens is 1. The maximum atomic E-state index is 12.6. The predicted octanol–water partition coefficient (Wildman–Crippen LogP) is 1.90. The Morgan fingerprint density at radius 1 is 1.38 bits per heavy atom. The highest BCUT2D eigenvalue weighted by Crippen LogP contribution is 2.03. The average Bonchev–Trinajstić information content (AvgIpc) is 2.28. The zero-order chi connectivity index (χ0) is 11.8. The lowest BCUT2D eigenvalue weighted by molar-refractivity contribution is -0.120. The smallest absolute Gasteiger partial charge is 0.224 e. The van der Waals surface area contributed by atoms with Crippen LogP contribution in [0.1, 0.15) is 18.4 Å². The van der Waals surface area contributed by atoms with Crippen LogP contribution in [0, 0.1) is 18.2 Å². The second-order valence-electron chi connectivity index (χ2n) is 3.46. The monoisotopic (exact) mass is 219 g/mol. The molecule has 0 aromatic heterocycles. The fourth-order valence-corrected chi connectivity index (χ4v) is 1.27. The number of hydrogen-bond donors (Lipinski definition) is 1. The Morgan fingerprint density at radius 3 is 2.69 bits per heavy atom. The number of amides is 1. The third kappa shape index (κ3) is 4.61. The zero-order valence-corrected chi connectivity index (χ0v) is 9.00. The first-order chi connectivity index (χ1) is 7.72. The molecule has 1 aromatic rings. The molecule has 0 atom stereocenters. The number of carbonyl (C=O) groups excluding carboxylic acids is 1. The van der Waals surface area contributed by atoms with Gasteiger partial charge in [0, 0.05) is 13.0 Å². The number of nitrogens with one attached hydrogen (secondary N) is 1. The molecule has 0 aliphatic rings. The summed E-state index contributed by atoms with van der Waals surface area (Å²) in [6.45, 7) is 0.588. The van der Waals surface area contributed by atoms with E-state index in [2.05, 4.69) is 11.2 Å². The molecule has 0 heterocycles. The minimum Gasteiger partial charge on any atom is -0.356 e. The summed E-state index contributed by atoms with van der Waals surface area (Å²) in [5, 5.41) is 2.75. The molecule has 1 rings (SSSR count). The van der Waals surface area contributed by atoms with Crippen molar-refractivity contribution < 1.29 is 9.18 Å². The molecule has 0 saturated carbocycles. The molecule has 0 aliphatic heterocycles. The lowest BCUT2D eigenvalue weighted by atomic mass is 10.1. The maximum absolute atomic E-state index is 12.6. The predicted molar refractivity (Wildman–Crippen MR) is 61.2 cm³/mol. The van der Waals surface area contributed by atoms with E-state index in [1.54, 1.807) is 12.1 Å². The summed E-state index contributed by atoms with van der Waals surface area (Å²) in [6.07, 6.45) is 6.81. The number of benzene rings is 1. The van der Waals surface area contributed by atoms with Gasteiger partial charge in [-0.05, 0) is 24.1 Å². The van der Waals surface area contributed by atoms with Crippen LogP contribution in [0.3, 0.4) is 0 Å². The van der Waals surface area contributed by atoms with Crippen LogP contribution >= 0.6 is 0 Å². The molecule has 0 bridgehead atoms. The summed E-state index contributed by atoms with van der Waals surface area (Å²) < 4.78 is 12.6. The van der Waals surface area contributed by atoms with Gasteiger partial charge in [-0.3, -0.25) is 4.79 Å². The second-order valence-corrected chi connectivity index (χ2v) is 3.46. The standard InChI is InChI=1S/C13H14FNO/c1-2-3-4-9-15-13(16)10-11-5-7-12(14)8-6-11/h1,5-8H,3-4,9-10H2,(H,15,16). The lowest BCUT2D eigenvalue weighted by Gasteiger charge is -2.03. The van der Waals surface area contributed by atoms with Crippen LogP contribution in [-0.2, 0) is 11.2 Å². The molecule has 0 spiro atoms. The van der Waals surface area contributed by atoms with E-state index in [-0.39, 0.29) is 18.1 Å². The van der Waals surface area contributed by atoms with E-state index in [4.69, 9.17) is 6.42 Å². The zero-order valence-electron chi connectivity index (χ0n) is 9.00. The Labute approximate surface area is 94.9 Å². The van der Waals surface area contributed by atoms with E-state index < -0.39 is 0 Å². The van der Waals surface area contributed by atoms with Gasteiger partial charge in [0.1, 0.15) is 5.82 Å². The van der Waals surface area contributed by atoms with Gasteiger partial charge in [-0.25, -0.2) is 4.39 Å². The Balaban J connectivity index is 2.29. The summed E-state index contributed by atoms with van der Waals surface area (Å²) in [4.78, 5) is 11.4. The van der Waals surface area contributed by atoms with Crippen LogP contribution in [0.2, 0.25) is 0 Å². The van der Waals surface area contributed by atoms with Crippen molar-refractivity contribution in [3.05, 3.63) is 35.6 Å². The Kier molecular flexibility index (Phi) is 5.07. The van der Waals surface area contributed by atoms with Crippen molar-refractivity contribution in [2.24, 2.45) is 0 Å². The van der Waals surface area contributed by atoms with Crippen LogP contribution in [-0.4, -0.2) is 12.5 Å². The van der Waals surface area contributed by atoms with Crippen molar-refractivity contribution in [1.82, 2.24) is 5.32 Å². The van der Waals surface area contributed by atoms with Crippen LogP contribution in [0.15, 0.2) is 24.3 Å². The Bertz CT molecular complexity index is 378. The molecule has 1 N–H and O–H groups in total. The molecule has 0 saturated heterocycles. The van der Waals surface area contributed by atoms with E-state index in [1.807, 2.05) is 0 Å². The number of carbonyl (C=O) groups is 1. The van der Waals surface area contributed by atoms with E-state index in [9.17, 15) is 9.18 Å². The molecule has 0 fully saturated rings. The van der Waals surface area contributed by atoms with Crippen molar-refractivity contribution in [1.29, 1.82) is 0 Å². The Hall–Kier alpha value is -1.82. The van der Waals surface area contributed by atoms with Gasteiger partial charge in [-0.2, -0.15) is 0 Å². The van der Waals surface area contributed by atoms with E-state index >= 15 is 0 Å². The van der Waals surface area contributed by atoms with Gasteiger partial charge >= 0.3 is 0 Å². The molecule has 3 heteroatoms. The molecular formula is C13H14FNO. The SMILES string of the molecule is C#CCCCNC(=O)Cc1ccc(F)cc1. The van der Waals surface area contributed by atoms with Crippen LogP contribution < -0.4 is 5.32 Å². The molecule has 2 nitrogen and oxygen atoms in total. The van der Waals surface area contributed by atoms with Gasteiger partial charge in [0.15, 0.2) is 0 Å². The van der Waals surface area contributed by atoms with Crippen molar-refractivity contribution in [3.63, 3.8) is 0 Å². The van der Waals surface area contributed by atoms with E-state index in [0.29, 0.717) is 13.0 Å². The summed E-state index contributed by atoms with van der Waals surface area (Å²) >= 11 is 0. The second kappa shape index (κ2) is 6.62. The summed E-state index contributed by atoms with van der Waals surface area (Å²) in [7, 11) is 0. The van der Waals surface area contributed by atoms with Gasteiger partial charge in [0.05, 0.1) is 6.42 Å². The largest absolute Gasteiger partial charge is 0.356 e. The number of terminal acetylenes is 1. The first-order valence-electron chi connectivity index (χ1n) is 5.17. The van der Waals surface area contributed by atoms with Gasteiger partial charge < -0.3 is 5.32 Å². The van der Waals surface area contributed by atoms with Gasteiger partial charge in [0.25, 0.3) is 0 Å². The summed E-state index contributed by atoms with van der Waals surface area (Å²) in [5.74, 6) is 2.14. The topological polar surface area (TPSA) is 29.1 Å². The quantitative estimate of drug-likeness (QED) is 0.594. The van der Waals surface area contributed by atoms with Crippen LogP contribution in [0.25, 0.3) is 0 Å². The third-order valence-electron chi connectivity index (χ3n) is 2.10. The first kappa shape index (κ1) is 12.3. The average molecular weight is 219 g/mol. The van der Waals surface area contributed by atoms with Crippen molar-refractivity contribution >= 4 is 5.91 Å². The minimum absolute atomic E-state index is 0.0661. The van der Waals surface area contributed by atoms with Crippen molar-refractivity contribution in [2.45, 2.75) is 19.3 Å². The highest BCUT2D eigenvalue weighted by atomic mass is 19.1. The summed E-state index contributed by atoms with van der Waals surface area (Å²) in [6, 6.07) is 5.91. The lowest BCUT2D eigenvalue weighted by Crippen LogP contribution is -2.25. The molecule has 1 aromatic carbocycles. The van der Waals surface area contributed by atoms with E-state index in [0.717, 1.165) is 12.0 Å². The highest BCUT2D eigenvalue weighted by Gasteiger charge is 2.02. The number of rotatable bonds is 5. The Morgan fingerprint density at radius 2 is 2.06 bits per heavy atom. The molecule has 1 amide bonds. The van der Waals surface area contributed by atoms with Gasteiger partial charge in [0.2, 0.25) is 5.91 Å².